The summed E-state index contributed by atoms with van der Waals surface area (Å²) in [5.74, 6) is -0.381. The third-order valence-electron chi connectivity index (χ3n) is 4.03. The van der Waals surface area contributed by atoms with Crippen LogP contribution in [0, 0.1) is 18.3 Å². The third kappa shape index (κ3) is 8.33. The number of nitrogens with zero attached hydrogens (tertiary/aromatic N) is 2. The van der Waals surface area contributed by atoms with Gasteiger partial charge in [-0.3, -0.25) is 4.79 Å². The third-order valence-corrected chi connectivity index (χ3v) is 4.03. The number of benzene rings is 1. The zero-order valence-electron chi connectivity index (χ0n) is 16.6. The van der Waals surface area contributed by atoms with Gasteiger partial charge in [-0.15, -0.1) is 0 Å². The molecule has 0 aromatic heterocycles. The van der Waals surface area contributed by atoms with Gasteiger partial charge in [0.25, 0.3) is 5.91 Å². The zero-order valence-corrected chi connectivity index (χ0v) is 17.4. The van der Waals surface area contributed by atoms with E-state index < -0.39 is 0 Å². The standard InChI is InChI=1S/C20H30N4O2.ClH/c1-5-24(6-2)18-9-10-19(16(4)13-18)23-15-17(14-21)20(25)22-11-8-12-26-7-3;/h9-10,13,15,23H,5-8,11-12H2,1-4H3,(H,22,25);1H/p-1/b17-15-;. The maximum Gasteiger partial charge on any atom is 0.263 e. The molecule has 150 valence electrons. The van der Waals surface area contributed by atoms with Crippen molar-refractivity contribution in [2.45, 2.75) is 34.1 Å². The van der Waals surface area contributed by atoms with E-state index in [-0.39, 0.29) is 23.9 Å². The van der Waals surface area contributed by atoms with Gasteiger partial charge in [0.05, 0.1) is 0 Å². The molecular weight excluding hydrogens is 364 g/mol. The van der Waals surface area contributed by atoms with Crippen molar-refractivity contribution in [2.75, 3.05) is 43.1 Å². The molecule has 1 rings (SSSR count). The fraction of sp³-hybridized carbons (Fsp3) is 0.500. The summed E-state index contributed by atoms with van der Waals surface area (Å²) in [6.07, 6.45) is 2.18. The molecular formula is C20H30ClN4O2-. The lowest BCUT2D eigenvalue weighted by molar-refractivity contribution is -0.117. The molecule has 0 bridgehead atoms. The Labute approximate surface area is 169 Å². The van der Waals surface area contributed by atoms with Crippen molar-refractivity contribution in [2.24, 2.45) is 0 Å². The molecule has 0 aliphatic rings. The van der Waals surface area contributed by atoms with E-state index in [0.717, 1.165) is 36.4 Å². The molecule has 7 heteroatoms. The molecule has 27 heavy (non-hydrogen) atoms. The van der Waals surface area contributed by atoms with Crippen LogP contribution >= 0.6 is 0 Å². The molecule has 0 aliphatic heterocycles. The van der Waals surface area contributed by atoms with Crippen LogP contribution in [0.2, 0.25) is 0 Å². The number of rotatable bonds is 11. The van der Waals surface area contributed by atoms with E-state index in [0.29, 0.717) is 19.8 Å². The Morgan fingerprint density at radius 2 is 2.00 bits per heavy atom. The van der Waals surface area contributed by atoms with Crippen LogP contribution in [0.4, 0.5) is 11.4 Å². The first-order valence-electron chi connectivity index (χ1n) is 9.15. The van der Waals surface area contributed by atoms with Gasteiger partial charge in [0, 0.05) is 50.4 Å². The van der Waals surface area contributed by atoms with Crippen LogP contribution in [0.5, 0.6) is 0 Å². The van der Waals surface area contributed by atoms with E-state index in [2.05, 4.69) is 35.4 Å². The Morgan fingerprint density at radius 3 is 2.56 bits per heavy atom. The molecule has 1 aromatic rings. The van der Waals surface area contributed by atoms with Crippen LogP contribution in [-0.2, 0) is 9.53 Å². The summed E-state index contributed by atoms with van der Waals surface area (Å²) in [7, 11) is 0. The van der Waals surface area contributed by atoms with Gasteiger partial charge in [-0.25, -0.2) is 0 Å². The van der Waals surface area contributed by atoms with Crippen molar-refractivity contribution in [1.29, 1.82) is 5.26 Å². The maximum atomic E-state index is 12.0. The van der Waals surface area contributed by atoms with Crippen molar-refractivity contribution in [1.82, 2.24) is 5.32 Å². The van der Waals surface area contributed by atoms with Gasteiger partial charge in [-0.05, 0) is 57.9 Å². The van der Waals surface area contributed by atoms with Crippen LogP contribution < -0.4 is 27.9 Å². The molecule has 2 N–H and O–H groups in total. The Hall–Kier alpha value is -2.23. The number of nitrogens with one attached hydrogen (secondary N) is 2. The van der Waals surface area contributed by atoms with Gasteiger partial charge in [0.15, 0.2) is 0 Å². The minimum Gasteiger partial charge on any atom is -1.00 e. The Bertz CT molecular complexity index is 652. The quantitative estimate of drug-likeness (QED) is 0.319. The van der Waals surface area contributed by atoms with Crippen LogP contribution in [0.25, 0.3) is 0 Å². The highest BCUT2D eigenvalue weighted by atomic mass is 35.5. The lowest BCUT2D eigenvalue weighted by Crippen LogP contribution is -3.00. The van der Waals surface area contributed by atoms with E-state index in [4.69, 9.17) is 4.74 Å². The summed E-state index contributed by atoms with van der Waals surface area (Å²) >= 11 is 0. The average Bonchev–Trinajstić information content (AvgIpc) is 2.64. The predicted molar refractivity (Wildman–Crippen MR) is 106 cm³/mol. The number of aryl methyl sites for hydroxylation is 1. The molecule has 0 atom stereocenters. The molecule has 0 radical (unpaired) electrons. The second kappa shape index (κ2) is 13.9. The van der Waals surface area contributed by atoms with Crippen LogP contribution in [-0.4, -0.2) is 38.8 Å². The molecule has 0 heterocycles. The van der Waals surface area contributed by atoms with Crippen LogP contribution in [0.15, 0.2) is 30.0 Å². The van der Waals surface area contributed by atoms with Crippen LogP contribution in [0.3, 0.4) is 0 Å². The van der Waals surface area contributed by atoms with E-state index >= 15 is 0 Å². The second-order valence-corrected chi connectivity index (χ2v) is 5.79. The summed E-state index contributed by atoms with van der Waals surface area (Å²) in [5.41, 5.74) is 3.14. The predicted octanol–water partition coefficient (Wildman–Crippen LogP) is 0.207. The molecule has 0 saturated carbocycles. The molecule has 0 saturated heterocycles. The number of halogens is 1. The topological polar surface area (TPSA) is 77.4 Å². The molecule has 1 aromatic carbocycles. The number of hydrogen-bond acceptors (Lipinski definition) is 5. The number of anilines is 2. The molecule has 1 amide bonds. The van der Waals surface area contributed by atoms with Gasteiger partial charge in [0.2, 0.25) is 0 Å². The summed E-state index contributed by atoms with van der Waals surface area (Å²) in [6.45, 7) is 11.8. The Balaban J connectivity index is 0.00000676. The summed E-state index contributed by atoms with van der Waals surface area (Å²) < 4.78 is 5.22. The van der Waals surface area contributed by atoms with E-state index in [1.807, 2.05) is 32.0 Å². The minimum absolute atomic E-state index is 0. The Morgan fingerprint density at radius 1 is 1.30 bits per heavy atom. The van der Waals surface area contributed by atoms with E-state index in [1.165, 1.54) is 6.20 Å². The van der Waals surface area contributed by atoms with E-state index in [9.17, 15) is 10.1 Å². The van der Waals surface area contributed by atoms with E-state index in [1.54, 1.807) is 0 Å². The summed E-state index contributed by atoms with van der Waals surface area (Å²) in [5, 5.41) is 15.0. The molecule has 0 fully saturated rings. The number of carbonyl (C=O) groups is 1. The lowest BCUT2D eigenvalue weighted by Gasteiger charge is -2.22. The summed E-state index contributed by atoms with van der Waals surface area (Å²) in [4.78, 5) is 14.3. The number of amides is 1. The Kier molecular flexibility index (Phi) is 12.8. The largest absolute Gasteiger partial charge is 1.00 e. The molecule has 6 nitrogen and oxygen atoms in total. The normalized spacial score (nSPS) is 10.6. The average molecular weight is 394 g/mol. The monoisotopic (exact) mass is 393 g/mol. The molecule has 0 aliphatic carbocycles. The van der Waals surface area contributed by atoms with Gasteiger partial charge >= 0.3 is 0 Å². The molecule has 0 spiro atoms. The van der Waals surface area contributed by atoms with Gasteiger partial charge in [0.1, 0.15) is 11.6 Å². The van der Waals surface area contributed by atoms with Crippen molar-refractivity contribution in [3.63, 3.8) is 0 Å². The summed E-state index contributed by atoms with van der Waals surface area (Å²) in [6, 6.07) is 8.04. The van der Waals surface area contributed by atoms with Gasteiger partial charge in [-0.2, -0.15) is 5.26 Å². The lowest BCUT2D eigenvalue weighted by atomic mass is 10.1. The number of ether oxygens (including phenoxy) is 1. The highest BCUT2D eigenvalue weighted by Crippen LogP contribution is 2.22. The van der Waals surface area contributed by atoms with Crippen molar-refractivity contribution < 1.29 is 21.9 Å². The minimum atomic E-state index is -0.381. The van der Waals surface area contributed by atoms with Crippen molar-refractivity contribution in [3.05, 3.63) is 35.5 Å². The first-order valence-corrected chi connectivity index (χ1v) is 9.15. The number of hydrogen-bond donors (Lipinski definition) is 2. The maximum absolute atomic E-state index is 12.0. The fourth-order valence-electron chi connectivity index (χ4n) is 2.51. The van der Waals surface area contributed by atoms with Gasteiger partial charge < -0.3 is 32.7 Å². The smallest absolute Gasteiger partial charge is 0.263 e. The number of carbonyl (C=O) groups excluding carboxylic acids is 1. The highest BCUT2D eigenvalue weighted by Gasteiger charge is 2.09. The SMILES string of the molecule is CCOCCCNC(=O)/C(C#N)=C\Nc1ccc(N(CC)CC)cc1C.[Cl-]. The van der Waals surface area contributed by atoms with Gasteiger partial charge in [-0.1, -0.05) is 0 Å². The first-order chi connectivity index (χ1) is 12.6. The first kappa shape index (κ1) is 24.8. The van der Waals surface area contributed by atoms with Crippen molar-refractivity contribution >= 4 is 17.3 Å². The molecule has 0 unspecified atom stereocenters. The highest BCUT2D eigenvalue weighted by molar-refractivity contribution is 5.97. The fourth-order valence-corrected chi connectivity index (χ4v) is 2.51. The van der Waals surface area contributed by atoms with Crippen LogP contribution in [0.1, 0.15) is 32.8 Å². The second-order valence-electron chi connectivity index (χ2n) is 5.79. The van der Waals surface area contributed by atoms with Crippen molar-refractivity contribution in [3.8, 4) is 6.07 Å². The zero-order chi connectivity index (χ0) is 19.4. The number of nitriles is 1.